The number of benzene rings is 2. The molecule has 1 fully saturated rings. The van der Waals surface area contributed by atoms with Crippen LogP contribution in [0, 0.1) is 0 Å². The molecule has 1 N–H and O–H groups in total. The number of rotatable bonds is 4. The van der Waals surface area contributed by atoms with E-state index in [4.69, 9.17) is 0 Å². The van der Waals surface area contributed by atoms with Gasteiger partial charge in [-0.1, -0.05) is 42.8 Å². The SMILES string of the molecule is O=C(O)C1CCCCN1C(c1cnc2ccccc2c1)c1ccccc1C(F)(F)F. The number of alkyl halides is 3. The van der Waals surface area contributed by atoms with Crippen molar-refractivity contribution in [1.82, 2.24) is 9.88 Å². The third-order valence-corrected chi connectivity index (χ3v) is 5.65. The lowest BCUT2D eigenvalue weighted by Gasteiger charge is -2.40. The smallest absolute Gasteiger partial charge is 0.416 e. The zero-order chi connectivity index (χ0) is 21.3. The van der Waals surface area contributed by atoms with E-state index in [-0.39, 0.29) is 5.56 Å². The molecule has 30 heavy (non-hydrogen) atoms. The van der Waals surface area contributed by atoms with Gasteiger partial charge < -0.3 is 5.11 Å². The maximum absolute atomic E-state index is 13.8. The number of nitrogens with zero attached hydrogens (tertiary/aromatic N) is 2. The molecule has 1 saturated heterocycles. The van der Waals surface area contributed by atoms with Crippen LogP contribution in [0.5, 0.6) is 0 Å². The highest BCUT2D eigenvalue weighted by Gasteiger charge is 2.40. The quantitative estimate of drug-likeness (QED) is 0.631. The van der Waals surface area contributed by atoms with Gasteiger partial charge in [0.2, 0.25) is 0 Å². The fraction of sp³-hybridized carbons (Fsp3) is 0.304. The van der Waals surface area contributed by atoms with Crippen molar-refractivity contribution in [3.8, 4) is 0 Å². The molecule has 156 valence electrons. The van der Waals surface area contributed by atoms with E-state index < -0.39 is 29.8 Å². The van der Waals surface area contributed by atoms with Crippen LogP contribution in [-0.4, -0.2) is 33.5 Å². The standard InChI is InChI=1S/C23H21F3N2O2/c24-23(25,26)18-9-3-2-8-17(18)21(28-12-6-5-11-20(28)22(29)30)16-13-15-7-1-4-10-19(15)27-14-16/h1-4,7-10,13-14,20-21H,5-6,11-12H2,(H,29,30). The minimum atomic E-state index is -4.55. The number of aromatic nitrogens is 1. The van der Waals surface area contributed by atoms with E-state index >= 15 is 0 Å². The molecule has 2 aromatic carbocycles. The first kappa shape index (κ1) is 20.3. The molecule has 0 aliphatic carbocycles. The summed E-state index contributed by atoms with van der Waals surface area (Å²) in [7, 11) is 0. The van der Waals surface area contributed by atoms with E-state index in [1.807, 2.05) is 30.3 Å². The summed E-state index contributed by atoms with van der Waals surface area (Å²) in [5.41, 5.74) is 0.587. The molecule has 0 spiro atoms. The second kappa shape index (κ2) is 8.07. The van der Waals surface area contributed by atoms with Crippen LogP contribution in [0.3, 0.4) is 0 Å². The Morgan fingerprint density at radius 2 is 1.83 bits per heavy atom. The summed E-state index contributed by atoms with van der Waals surface area (Å²) in [4.78, 5) is 18.1. The number of carboxylic acid groups (broad SMARTS) is 1. The Balaban J connectivity index is 1.92. The Hall–Kier alpha value is -2.93. The highest BCUT2D eigenvalue weighted by molar-refractivity contribution is 5.79. The second-order valence-corrected chi connectivity index (χ2v) is 7.54. The van der Waals surface area contributed by atoms with Crippen LogP contribution in [0.25, 0.3) is 10.9 Å². The first-order valence-corrected chi connectivity index (χ1v) is 9.85. The predicted molar refractivity (Wildman–Crippen MR) is 107 cm³/mol. The van der Waals surface area contributed by atoms with E-state index in [0.717, 1.165) is 29.8 Å². The molecule has 7 heteroatoms. The van der Waals surface area contributed by atoms with Crippen LogP contribution in [0.4, 0.5) is 13.2 Å². The Kier molecular flexibility index (Phi) is 5.47. The molecule has 1 aliphatic heterocycles. The van der Waals surface area contributed by atoms with Crippen molar-refractivity contribution in [2.75, 3.05) is 6.54 Å². The molecule has 4 rings (SSSR count). The number of pyridine rings is 1. The van der Waals surface area contributed by atoms with E-state index in [0.29, 0.717) is 18.5 Å². The van der Waals surface area contributed by atoms with Gasteiger partial charge in [0.15, 0.2) is 0 Å². The molecule has 0 bridgehead atoms. The van der Waals surface area contributed by atoms with Gasteiger partial charge in [0, 0.05) is 11.6 Å². The number of para-hydroxylation sites is 1. The predicted octanol–water partition coefficient (Wildman–Crippen LogP) is 5.28. The highest BCUT2D eigenvalue weighted by atomic mass is 19.4. The molecule has 2 unspecified atom stereocenters. The molecular weight excluding hydrogens is 393 g/mol. The van der Waals surface area contributed by atoms with E-state index in [9.17, 15) is 23.1 Å². The summed E-state index contributed by atoms with van der Waals surface area (Å²) >= 11 is 0. The minimum Gasteiger partial charge on any atom is -0.480 e. The number of aliphatic carboxylic acids is 1. The molecule has 0 radical (unpaired) electrons. The Morgan fingerprint density at radius 1 is 1.10 bits per heavy atom. The van der Waals surface area contributed by atoms with Crippen molar-refractivity contribution >= 4 is 16.9 Å². The van der Waals surface area contributed by atoms with Crippen molar-refractivity contribution in [2.24, 2.45) is 0 Å². The van der Waals surface area contributed by atoms with Crippen molar-refractivity contribution < 1.29 is 23.1 Å². The van der Waals surface area contributed by atoms with Crippen LogP contribution in [0.2, 0.25) is 0 Å². The fourth-order valence-corrected chi connectivity index (χ4v) is 4.31. The second-order valence-electron chi connectivity index (χ2n) is 7.54. The van der Waals surface area contributed by atoms with Crippen molar-refractivity contribution in [3.05, 3.63) is 77.5 Å². The number of hydrogen-bond donors (Lipinski definition) is 1. The number of fused-ring (bicyclic) bond motifs is 1. The van der Waals surface area contributed by atoms with E-state index in [1.165, 1.54) is 12.1 Å². The van der Waals surface area contributed by atoms with Crippen LogP contribution < -0.4 is 0 Å². The molecule has 4 nitrogen and oxygen atoms in total. The molecule has 2 heterocycles. The fourth-order valence-electron chi connectivity index (χ4n) is 4.31. The van der Waals surface area contributed by atoms with Gasteiger partial charge in [-0.15, -0.1) is 0 Å². The lowest BCUT2D eigenvalue weighted by atomic mass is 9.89. The van der Waals surface area contributed by atoms with Crippen molar-refractivity contribution in [2.45, 2.75) is 37.5 Å². The molecule has 2 atom stereocenters. The molecule has 0 amide bonds. The van der Waals surface area contributed by atoms with Gasteiger partial charge in [-0.25, -0.2) is 0 Å². The lowest BCUT2D eigenvalue weighted by molar-refractivity contribution is -0.145. The average Bonchev–Trinajstić information content (AvgIpc) is 2.74. The van der Waals surface area contributed by atoms with Crippen molar-refractivity contribution in [1.29, 1.82) is 0 Å². The Bertz CT molecular complexity index is 1070. The van der Waals surface area contributed by atoms with Crippen LogP contribution in [0.1, 0.15) is 42.0 Å². The maximum Gasteiger partial charge on any atom is 0.416 e. The zero-order valence-corrected chi connectivity index (χ0v) is 16.1. The third kappa shape index (κ3) is 3.89. The summed E-state index contributed by atoms with van der Waals surface area (Å²) in [6.45, 7) is 0.403. The number of carboxylic acids is 1. The highest BCUT2D eigenvalue weighted by Crippen LogP contribution is 2.41. The monoisotopic (exact) mass is 414 g/mol. The molecule has 0 saturated carbocycles. The topological polar surface area (TPSA) is 53.4 Å². The minimum absolute atomic E-state index is 0.0511. The third-order valence-electron chi connectivity index (χ3n) is 5.65. The zero-order valence-electron chi connectivity index (χ0n) is 16.1. The van der Waals surface area contributed by atoms with E-state index in [1.54, 1.807) is 17.2 Å². The first-order chi connectivity index (χ1) is 14.4. The molecule has 1 aliphatic rings. The number of hydrogen-bond acceptors (Lipinski definition) is 3. The molecule has 3 aromatic rings. The number of carbonyl (C=O) groups is 1. The summed E-state index contributed by atoms with van der Waals surface area (Å²) in [5.74, 6) is -1.02. The first-order valence-electron chi connectivity index (χ1n) is 9.85. The van der Waals surface area contributed by atoms with Gasteiger partial charge in [0.05, 0.1) is 17.1 Å². The summed E-state index contributed by atoms with van der Waals surface area (Å²) in [5, 5.41) is 10.6. The van der Waals surface area contributed by atoms with Crippen LogP contribution in [-0.2, 0) is 11.0 Å². The van der Waals surface area contributed by atoms with Gasteiger partial charge in [-0.2, -0.15) is 13.2 Å². The molecular formula is C23H21F3N2O2. The number of piperidine rings is 1. The largest absolute Gasteiger partial charge is 0.480 e. The summed E-state index contributed by atoms with van der Waals surface area (Å²) in [6, 6.07) is 12.9. The van der Waals surface area contributed by atoms with Gasteiger partial charge in [-0.3, -0.25) is 14.7 Å². The van der Waals surface area contributed by atoms with Crippen LogP contribution >= 0.6 is 0 Å². The van der Waals surface area contributed by atoms with Crippen LogP contribution in [0.15, 0.2) is 60.8 Å². The van der Waals surface area contributed by atoms with Gasteiger partial charge >= 0.3 is 12.1 Å². The summed E-state index contributed by atoms with van der Waals surface area (Å²) in [6.07, 6.45) is -1.12. The Labute approximate surface area is 172 Å². The van der Waals surface area contributed by atoms with Gasteiger partial charge in [0.1, 0.15) is 6.04 Å². The number of halogens is 3. The van der Waals surface area contributed by atoms with Crippen molar-refractivity contribution in [3.63, 3.8) is 0 Å². The lowest BCUT2D eigenvalue weighted by Crippen LogP contribution is -2.47. The maximum atomic E-state index is 13.8. The molecule has 1 aromatic heterocycles. The van der Waals surface area contributed by atoms with Gasteiger partial charge in [0.25, 0.3) is 0 Å². The normalized spacial score (nSPS) is 19.0. The average molecular weight is 414 g/mol. The summed E-state index contributed by atoms with van der Waals surface area (Å²) < 4.78 is 41.5. The van der Waals surface area contributed by atoms with Gasteiger partial charge in [-0.05, 0) is 48.7 Å². The number of likely N-dealkylation sites (tertiary alicyclic amines) is 1. The Morgan fingerprint density at radius 3 is 2.60 bits per heavy atom. The van der Waals surface area contributed by atoms with E-state index in [2.05, 4.69) is 4.98 Å².